The van der Waals surface area contributed by atoms with Gasteiger partial charge in [-0.15, -0.1) is 24.9 Å². The Hall–Kier alpha value is -2.29. The van der Waals surface area contributed by atoms with Crippen molar-refractivity contribution < 1.29 is 24.2 Å². The molecule has 0 radical (unpaired) electrons. The molecule has 5 atom stereocenters. The average Bonchev–Trinajstić information content (AvgIpc) is 3.53. The SMILES string of the molecule is C=CCCCOC(=O)[C@@H]1[C@H]2C(=O)N(CCCCO)C(C(=O)N(CC=C)c3c(C)cccc3Cl)C23CC[C@H]1S3. The summed E-state index contributed by atoms with van der Waals surface area (Å²) in [6.45, 7) is 10.3. The number of aliphatic hydroxyl groups excluding tert-OH is 1. The summed E-state index contributed by atoms with van der Waals surface area (Å²) in [6, 6.07) is 4.75. The van der Waals surface area contributed by atoms with Gasteiger partial charge in [0.2, 0.25) is 5.91 Å². The number of fused-ring (bicyclic) bond motifs is 1. The second-order valence-corrected chi connectivity index (χ2v) is 12.3. The van der Waals surface area contributed by atoms with E-state index in [0.717, 1.165) is 18.4 Å². The number of thioether (sulfide) groups is 1. The highest BCUT2D eigenvalue weighted by molar-refractivity contribution is 8.02. The molecular formula is C29H37ClN2O5S. The van der Waals surface area contributed by atoms with E-state index in [1.165, 1.54) is 0 Å². The molecule has 7 nitrogen and oxygen atoms in total. The molecule has 1 spiro atoms. The quantitative estimate of drug-likeness (QED) is 0.216. The van der Waals surface area contributed by atoms with E-state index in [2.05, 4.69) is 13.2 Å². The number of carbonyl (C=O) groups is 3. The monoisotopic (exact) mass is 560 g/mol. The molecule has 2 amide bonds. The van der Waals surface area contributed by atoms with Gasteiger partial charge < -0.3 is 19.6 Å². The second-order valence-electron chi connectivity index (χ2n) is 10.3. The minimum absolute atomic E-state index is 0.00705. The summed E-state index contributed by atoms with van der Waals surface area (Å²) in [5, 5.41) is 9.77. The summed E-state index contributed by atoms with van der Waals surface area (Å²) in [7, 11) is 0. The zero-order chi connectivity index (χ0) is 27.4. The lowest BCUT2D eigenvalue weighted by Crippen LogP contribution is -2.55. The van der Waals surface area contributed by atoms with Crippen LogP contribution in [0.15, 0.2) is 43.5 Å². The summed E-state index contributed by atoms with van der Waals surface area (Å²) in [5.74, 6) is -1.91. The van der Waals surface area contributed by atoms with Crippen molar-refractivity contribution in [3.05, 3.63) is 54.1 Å². The van der Waals surface area contributed by atoms with E-state index < -0.39 is 22.6 Å². The Morgan fingerprint density at radius 1 is 1.29 bits per heavy atom. The molecule has 2 unspecified atom stereocenters. The van der Waals surface area contributed by atoms with Gasteiger partial charge in [0.1, 0.15) is 6.04 Å². The number of nitrogens with zero attached hydrogens (tertiary/aromatic N) is 2. The molecule has 4 rings (SSSR count). The van der Waals surface area contributed by atoms with Crippen LogP contribution < -0.4 is 4.90 Å². The van der Waals surface area contributed by atoms with E-state index in [1.54, 1.807) is 39.8 Å². The Morgan fingerprint density at radius 2 is 2.08 bits per heavy atom. The Labute approximate surface area is 234 Å². The van der Waals surface area contributed by atoms with E-state index in [-0.39, 0.29) is 42.8 Å². The summed E-state index contributed by atoms with van der Waals surface area (Å²) < 4.78 is 4.91. The van der Waals surface area contributed by atoms with Crippen LogP contribution in [0.2, 0.25) is 5.02 Å². The lowest BCUT2D eigenvalue weighted by Gasteiger charge is -2.37. The van der Waals surface area contributed by atoms with Gasteiger partial charge in [-0.05, 0) is 57.1 Å². The maximum absolute atomic E-state index is 14.5. The molecule has 1 aromatic rings. The normalized spacial score (nSPS) is 27.3. The summed E-state index contributed by atoms with van der Waals surface area (Å²) in [4.78, 5) is 45.1. The van der Waals surface area contributed by atoms with E-state index in [0.29, 0.717) is 42.9 Å². The van der Waals surface area contributed by atoms with Gasteiger partial charge in [0.05, 0.1) is 33.9 Å². The molecule has 3 aliphatic rings. The van der Waals surface area contributed by atoms with Gasteiger partial charge in [0, 0.05) is 24.9 Å². The van der Waals surface area contributed by atoms with Gasteiger partial charge in [-0.2, -0.15) is 0 Å². The van der Waals surface area contributed by atoms with Crippen LogP contribution in [0.25, 0.3) is 0 Å². The fourth-order valence-electron chi connectivity index (χ4n) is 6.36. The van der Waals surface area contributed by atoms with Crippen molar-refractivity contribution in [2.45, 2.75) is 61.5 Å². The molecule has 3 aliphatic heterocycles. The number of carbonyl (C=O) groups excluding carboxylic acids is 3. The Morgan fingerprint density at radius 3 is 2.76 bits per heavy atom. The van der Waals surface area contributed by atoms with Crippen molar-refractivity contribution in [3.63, 3.8) is 0 Å². The number of para-hydroxylation sites is 1. The molecule has 3 fully saturated rings. The van der Waals surface area contributed by atoms with Crippen LogP contribution in [0.3, 0.4) is 0 Å². The van der Waals surface area contributed by atoms with Crippen LogP contribution in [0, 0.1) is 18.8 Å². The second kappa shape index (κ2) is 12.3. The third-order valence-electron chi connectivity index (χ3n) is 7.95. The average molecular weight is 561 g/mol. The molecule has 0 saturated carbocycles. The maximum atomic E-state index is 14.5. The number of hydrogen-bond donors (Lipinski definition) is 1. The molecule has 0 aromatic heterocycles. The minimum atomic E-state index is -0.747. The van der Waals surface area contributed by atoms with Crippen LogP contribution in [-0.2, 0) is 19.1 Å². The van der Waals surface area contributed by atoms with Crippen molar-refractivity contribution in [3.8, 4) is 0 Å². The third-order valence-corrected chi connectivity index (χ3v) is 10.2. The molecule has 3 saturated heterocycles. The fraction of sp³-hybridized carbons (Fsp3) is 0.552. The molecule has 2 bridgehead atoms. The molecular weight excluding hydrogens is 524 g/mol. The number of amides is 2. The van der Waals surface area contributed by atoms with Crippen molar-refractivity contribution >= 4 is 46.8 Å². The maximum Gasteiger partial charge on any atom is 0.310 e. The smallest absolute Gasteiger partial charge is 0.310 e. The number of likely N-dealkylation sites (tertiary alicyclic amines) is 1. The molecule has 38 heavy (non-hydrogen) atoms. The van der Waals surface area contributed by atoms with Crippen molar-refractivity contribution in [2.75, 3.05) is 31.2 Å². The van der Waals surface area contributed by atoms with Crippen molar-refractivity contribution in [1.29, 1.82) is 0 Å². The number of ether oxygens (including phenoxy) is 1. The predicted octanol–water partition coefficient (Wildman–Crippen LogP) is 4.54. The number of unbranched alkanes of at least 4 members (excludes halogenated alkanes) is 2. The molecule has 0 aliphatic carbocycles. The number of rotatable bonds is 13. The minimum Gasteiger partial charge on any atom is -0.465 e. The highest BCUT2D eigenvalue weighted by Gasteiger charge is 2.74. The summed E-state index contributed by atoms with van der Waals surface area (Å²) in [6.07, 6.45) is 7.39. The first-order chi connectivity index (χ1) is 18.3. The van der Waals surface area contributed by atoms with Crippen LogP contribution in [0.4, 0.5) is 5.69 Å². The topological polar surface area (TPSA) is 87.1 Å². The number of aryl methyl sites for hydroxylation is 1. The van der Waals surface area contributed by atoms with Gasteiger partial charge in [0.15, 0.2) is 0 Å². The van der Waals surface area contributed by atoms with Gasteiger partial charge in [-0.1, -0.05) is 35.9 Å². The van der Waals surface area contributed by atoms with Crippen LogP contribution >= 0.6 is 23.4 Å². The third kappa shape index (κ3) is 5.03. The first kappa shape index (κ1) is 28.7. The van der Waals surface area contributed by atoms with Gasteiger partial charge in [-0.25, -0.2) is 0 Å². The largest absolute Gasteiger partial charge is 0.465 e. The van der Waals surface area contributed by atoms with Crippen LogP contribution in [-0.4, -0.2) is 70.1 Å². The molecule has 206 valence electrons. The van der Waals surface area contributed by atoms with Crippen molar-refractivity contribution in [1.82, 2.24) is 4.90 Å². The zero-order valence-corrected chi connectivity index (χ0v) is 23.5. The number of anilines is 1. The van der Waals surface area contributed by atoms with E-state index in [9.17, 15) is 19.5 Å². The predicted molar refractivity (Wildman–Crippen MR) is 151 cm³/mol. The number of esters is 1. The number of aliphatic hydroxyl groups is 1. The highest BCUT2D eigenvalue weighted by Crippen LogP contribution is 2.66. The summed E-state index contributed by atoms with van der Waals surface area (Å²) >= 11 is 8.21. The first-order valence-electron chi connectivity index (χ1n) is 13.4. The van der Waals surface area contributed by atoms with Gasteiger partial charge in [0.25, 0.3) is 5.91 Å². The van der Waals surface area contributed by atoms with E-state index >= 15 is 0 Å². The number of hydrogen-bond acceptors (Lipinski definition) is 6. The van der Waals surface area contributed by atoms with Crippen molar-refractivity contribution in [2.24, 2.45) is 11.8 Å². The summed E-state index contributed by atoms with van der Waals surface area (Å²) in [5.41, 5.74) is 1.46. The van der Waals surface area contributed by atoms with Gasteiger partial charge in [-0.3, -0.25) is 14.4 Å². The Kier molecular flexibility index (Phi) is 9.27. The molecule has 3 heterocycles. The molecule has 1 N–H and O–H groups in total. The highest BCUT2D eigenvalue weighted by atomic mass is 35.5. The number of allylic oxidation sites excluding steroid dienone is 1. The van der Waals surface area contributed by atoms with Gasteiger partial charge >= 0.3 is 5.97 Å². The standard InChI is InChI=1S/C29H37ClN2O5S/c1-4-6-9-18-37-28(36)22-21-13-14-29(38-21)23(22)26(34)32(16-7-8-17-33)25(29)27(35)31(15-5-2)24-19(3)11-10-12-20(24)30/h4-5,10-12,21-23,25,33H,1-2,6-9,13-18H2,3H3/t21-,22+,23+,25?,29?/m1/s1. The Balaban J connectivity index is 1.71. The van der Waals surface area contributed by atoms with Crippen LogP contribution in [0.1, 0.15) is 44.1 Å². The van der Waals surface area contributed by atoms with E-state index in [1.807, 2.05) is 19.1 Å². The number of benzene rings is 1. The first-order valence-corrected chi connectivity index (χ1v) is 14.6. The molecule has 9 heteroatoms. The zero-order valence-electron chi connectivity index (χ0n) is 21.9. The molecule has 1 aromatic carbocycles. The van der Waals surface area contributed by atoms with E-state index in [4.69, 9.17) is 16.3 Å². The fourth-order valence-corrected chi connectivity index (χ4v) is 8.89. The Bertz CT molecular complexity index is 1080. The lowest BCUT2D eigenvalue weighted by atomic mass is 9.71. The number of halogens is 1. The lowest BCUT2D eigenvalue weighted by molar-refractivity contribution is -0.154. The van der Waals surface area contributed by atoms with Crippen LogP contribution in [0.5, 0.6) is 0 Å².